The van der Waals surface area contributed by atoms with E-state index in [1.807, 2.05) is 26.4 Å². The largest absolute Gasteiger partial charge is 0.370 e. The Kier molecular flexibility index (Phi) is 6.87. The van der Waals surface area contributed by atoms with Crippen LogP contribution in [0.15, 0.2) is 41.7 Å². The van der Waals surface area contributed by atoms with Crippen molar-refractivity contribution in [3.63, 3.8) is 0 Å². The van der Waals surface area contributed by atoms with Crippen LogP contribution < -0.4 is 5.32 Å². The summed E-state index contributed by atoms with van der Waals surface area (Å²) in [4.78, 5) is 11.1. The van der Waals surface area contributed by atoms with Gasteiger partial charge in [0.2, 0.25) is 0 Å². The molecular formula is C21H31N5O. The molecule has 3 rings (SSSR count). The lowest BCUT2D eigenvalue weighted by Crippen LogP contribution is -2.48. The van der Waals surface area contributed by atoms with Gasteiger partial charge in [-0.05, 0) is 37.8 Å². The van der Waals surface area contributed by atoms with Crippen molar-refractivity contribution in [3.8, 4) is 0 Å². The number of nitrogens with zero attached hydrogens (tertiary/aromatic N) is 4. The van der Waals surface area contributed by atoms with Crippen LogP contribution in [0.5, 0.6) is 0 Å². The Morgan fingerprint density at radius 1 is 1.30 bits per heavy atom. The highest BCUT2D eigenvalue weighted by Crippen LogP contribution is 2.24. The molecule has 2 aromatic rings. The molecule has 6 nitrogen and oxygen atoms in total. The normalized spacial score (nSPS) is 18.0. The lowest BCUT2D eigenvalue weighted by Gasteiger charge is -2.35. The first kappa shape index (κ1) is 19.4. The smallest absolute Gasteiger partial charge is 0.193 e. The fourth-order valence-electron chi connectivity index (χ4n) is 3.56. The lowest BCUT2D eigenvalue weighted by molar-refractivity contribution is -0.00830. The van der Waals surface area contributed by atoms with Crippen LogP contribution in [0.25, 0.3) is 0 Å². The van der Waals surface area contributed by atoms with Gasteiger partial charge in [-0.25, -0.2) is 4.98 Å². The second-order valence-electron chi connectivity index (χ2n) is 7.01. The fraction of sp³-hybridized carbons (Fsp3) is 0.524. The Labute approximate surface area is 162 Å². The molecule has 2 heterocycles. The topological polar surface area (TPSA) is 54.7 Å². The van der Waals surface area contributed by atoms with E-state index in [2.05, 4.69) is 55.9 Å². The van der Waals surface area contributed by atoms with E-state index in [1.54, 1.807) is 0 Å². The third-order valence-electron chi connectivity index (χ3n) is 5.15. The van der Waals surface area contributed by atoms with Gasteiger partial charge in [0.15, 0.2) is 5.96 Å². The molecule has 0 radical (unpaired) electrons. The van der Waals surface area contributed by atoms with E-state index in [0.29, 0.717) is 0 Å². The van der Waals surface area contributed by atoms with Gasteiger partial charge >= 0.3 is 0 Å². The molecular weight excluding hydrogens is 338 g/mol. The van der Waals surface area contributed by atoms with Gasteiger partial charge in [-0.3, -0.25) is 4.99 Å². The summed E-state index contributed by atoms with van der Waals surface area (Å²) in [5, 5.41) is 3.52. The lowest BCUT2D eigenvalue weighted by atomic mass is 10.0. The van der Waals surface area contributed by atoms with E-state index in [0.717, 1.165) is 57.4 Å². The van der Waals surface area contributed by atoms with E-state index in [1.165, 1.54) is 11.1 Å². The van der Waals surface area contributed by atoms with Gasteiger partial charge in [0.05, 0.1) is 13.2 Å². The number of ether oxygens (including phenoxy) is 1. The number of rotatable bonds is 6. The third kappa shape index (κ3) is 5.10. The monoisotopic (exact) mass is 369 g/mol. The molecule has 0 aliphatic carbocycles. The van der Waals surface area contributed by atoms with Crippen molar-refractivity contribution in [1.82, 2.24) is 19.8 Å². The van der Waals surface area contributed by atoms with E-state index < -0.39 is 0 Å². The number of hydrogen-bond donors (Lipinski definition) is 1. The number of aromatic nitrogens is 2. The molecule has 0 spiro atoms. The van der Waals surface area contributed by atoms with Crippen LogP contribution in [0.4, 0.5) is 0 Å². The summed E-state index contributed by atoms with van der Waals surface area (Å²) in [7, 11) is 1.86. The Morgan fingerprint density at radius 2 is 2.15 bits per heavy atom. The van der Waals surface area contributed by atoms with Crippen LogP contribution in [0.1, 0.15) is 35.9 Å². The standard InChI is InChI=1S/C21H31N5O/c1-17-8-4-5-9-19(17)20-16-26(14-15-27-20)21(22-3)24-10-6-7-12-25-13-11-23-18(25)2/h4-5,8-9,11,13,20H,6-7,10,12,14-16H2,1-3H3,(H,22,24). The van der Waals surface area contributed by atoms with Crippen LogP contribution in [0.3, 0.4) is 0 Å². The molecule has 1 aliphatic rings. The number of nitrogens with one attached hydrogen (secondary N) is 1. The van der Waals surface area contributed by atoms with E-state index in [-0.39, 0.29) is 6.10 Å². The number of morpholine rings is 1. The average molecular weight is 370 g/mol. The summed E-state index contributed by atoms with van der Waals surface area (Å²) in [6.45, 7) is 8.55. The van der Waals surface area contributed by atoms with Gasteiger partial charge in [0.25, 0.3) is 0 Å². The summed E-state index contributed by atoms with van der Waals surface area (Å²) in [5.41, 5.74) is 2.55. The number of unbranched alkanes of at least 4 members (excludes halogenated alkanes) is 1. The Hall–Kier alpha value is -2.34. The molecule has 1 atom stereocenters. The van der Waals surface area contributed by atoms with Crippen LogP contribution in [0.2, 0.25) is 0 Å². The number of aryl methyl sites for hydroxylation is 3. The molecule has 1 aromatic heterocycles. The second kappa shape index (κ2) is 9.55. The Bertz CT molecular complexity index is 755. The first-order valence-corrected chi connectivity index (χ1v) is 9.79. The zero-order valence-electron chi connectivity index (χ0n) is 16.7. The van der Waals surface area contributed by atoms with Crippen LogP contribution in [-0.4, -0.2) is 53.7 Å². The highest BCUT2D eigenvalue weighted by molar-refractivity contribution is 5.80. The first-order valence-electron chi connectivity index (χ1n) is 9.79. The van der Waals surface area contributed by atoms with Crippen molar-refractivity contribution in [3.05, 3.63) is 53.6 Å². The van der Waals surface area contributed by atoms with Gasteiger partial charge in [0, 0.05) is 39.1 Å². The molecule has 1 saturated heterocycles. The van der Waals surface area contributed by atoms with Gasteiger partial charge < -0.3 is 19.5 Å². The maximum absolute atomic E-state index is 6.03. The van der Waals surface area contributed by atoms with E-state index in [9.17, 15) is 0 Å². The van der Waals surface area contributed by atoms with Gasteiger partial charge in [-0.15, -0.1) is 0 Å². The Balaban J connectivity index is 1.47. The molecule has 6 heteroatoms. The first-order chi connectivity index (χ1) is 13.2. The second-order valence-corrected chi connectivity index (χ2v) is 7.01. The van der Waals surface area contributed by atoms with Crippen molar-refractivity contribution >= 4 is 5.96 Å². The SMILES string of the molecule is CN=C(NCCCCn1ccnc1C)N1CCOC(c2ccccc2C)C1. The predicted octanol–water partition coefficient (Wildman–Crippen LogP) is 2.93. The molecule has 146 valence electrons. The third-order valence-corrected chi connectivity index (χ3v) is 5.15. The quantitative estimate of drug-likeness (QED) is 0.483. The molecule has 1 aliphatic heterocycles. The summed E-state index contributed by atoms with van der Waals surface area (Å²) in [5.74, 6) is 2.05. The van der Waals surface area contributed by atoms with Crippen molar-refractivity contribution < 1.29 is 4.74 Å². The molecule has 1 aromatic carbocycles. The highest BCUT2D eigenvalue weighted by Gasteiger charge is 2.24. The van der Waals surface area contributed by atoms with E-state index >= 15 is 0 Å². The van der Waals surface area contributed by atoms with Crippen LogP contribution in [0, 0.1) is 13.8 Å². The van der Waals surface area contributed by atoms with Crippen molar-refractivity contribution in [2.24, 2.45) is 4.99 Å². The minimum absolute atomic E-state index is 0.0997. The van der Waals surface area contributed by atoms with Crippen LogP contribution >= 0.6 is 0 Å². The minimum Gasteiger partial charge on any atom is -0.370 e. The number of benzene rings is 1. The van der Waals surface area contributed by atoms with E-state index in [4.69, 9.17) is 4.74 Å². The van der Waals surface area contributed by atoms with Gasteiger partial charge in [-0.2, -0.15) is 0 Å². The number of hydrogen-bond acceptors (Lipinski definition) is 3. The fourth-order valence-corrected chi connectivity index (χ4v) is 3.56. The zero-order valence-corrected chi connectivity index (χ0v) is 16.7. The van der Waals surface area contributed by atoms with Gasteiger partial charge in [0.1, 0.15) is 11.9 Å². The van der Waals surface area contributed by atoms with Gasteiger partial charge in [-0.1, -0.05) is 24.3 Å². The molecule has 0 bridgehead atoms. The molecule has 27 heavy (non-hydrogen) atoms. The van der Waals surface area contributed by atoms with Crippen LogP contribution in [-0.2, 0) is 11.3 Å². The zero-order chi connectivity index (χ0) is 19.1. The Morgan fingerprint density at radius 3 is 2.89 bits per heavy atom. The van der Waals surface area contributed by atoms with Crippen molar-refractivity contribution in [2.75, 3.05) is 33.3 Å². The number of aliphatic imine (C=N–C) groups is 1. The average Bonchev–Trinajstić information content (AvgIpc) is 3.10. The molecule has 1 unspecified atom stereocenters. The maximum atomic E-state index is 6.03. The van der Waals surface area contributed by atoms with Crippen molar-refractivity contribution in [2.45, 2.75) is 39.3 Å². The minimum atomic E-state index is 0.0997. The highest BCUT2D eigenvalue weighted by atomic mass is 16.5. The summed E-state index contributed by atoms with van der Waals surface area (Å²) >= 11 is 0. The van der Waals surface area contributed by atoms with Crippen molar-refractivity contribution in [1.29, 1.82) is 0 Å². The number of imidazole rings is 1. The summed E-state index contributed by atoms with van der Waals surface area (Å²) in [6.07, 6.45) is 6.22. The molecule has 0 saturated carbocycles. The number of guanidine groups is 1. The molecule has 1 fully saturated rings. The summed E-state index contributed by atoms with van der Waals surface area (Å²) in [6, 6.07) is 8.47. The molecule has 0 amide bonds. The molecule has 1 N–H and O–H groups in total. The summed E-state index contributed by atoms with van der Waals surface area (Å²) < 4.78 is 8.23. The maximum Gasteiger partial charge on any atom is 0.193 e. The predicted molar refractivity (Wildman–Crippen MR) is 109 cm³/mol.